The zero-order chi connectivity index (χ0) is 14.6. The van der Waals surface area contributed by atoms with Gasteiger partial charge in [0, 0.05) is 6.54 Å². The number of hydrogen-bond donors (Lipinski definition) is 1. The standard InChI is InChI=1S/C14H25NO4/c1-5-6-7-10-8-11(12(16)17)15(9-10)13(18)19-14(2,3)4/h10-11H,5-9H2,1-4H3,(H,16,17)/t10?,11-/m0/s1. The molecule has 5 heteroatoms. The molecule has 2 atom stereocenters. The lowest BCUT2D eigenvalue weighted by molar-refractivity contribution is -0.142. The van der Waals surface area contributed by atoms with E-state index in [-0.39, 0.29) is 5.92 Å². The van der Waals surface area contributed by atoms with E-state index in [4.69, 9.17) is 4.74 Å². The highest BCUT2D eigenvalue weighted by molar-refractivity contribution is 5.80. The number of ether oxygens (including phenoxy) is 1. The van der Waals surface area contributed by atoms with Crippen LogP contribution in [0.5, 0.6) is 0 Å². The third-order valence-corrected chi connectivity index (χ3v) is 3.27. The van der Waals surface area contributed by atoms with Crippen LogP contribution in [0.3, 0.4) is 0 Å². The number of hydrogen-bond acceptors (Lipinski definition) is 3. The summed E-state index contributed by atoms with van der Waals surface area (Å²) in [5.74, 6) is -0.668. The van der Waals surface area contributed by atoms with Crippen LogP contribution in [-0.2, 0) is 9.53 Å². The molecule has 1 amide bonds. The molecule has 1 N–H and O–H groups in total. The van der Waals surface area contributed by atoms with E-state index < -0.39 is 23.7 Å². The molecule has 0 aromatic rings. The Labute approximate surface area is 114 Å². The average Bonchev–Trinajstić information content (AvgIpc) is 2.68. The summed E-state index contributed by atoms with van der Waals surface area (Å²) in [5.41, 5.74) is -0.596. The quantitative estimate of drug-likeness (QED) is 0.853. The van der Waals surface area contributed by atoms with Crippen molar-refractivity contribution in [2.75, 3.05) is 6.54 Å². The Kier molecular flexibility index (Phi) is 5.20. The molecule has 1 rings (SSSR count). The molecule has 0 saturated carbocycles. The van der Waals surface area contributed by atoms with Gasteiger partial charge in [0.1, 0.15) is 11.6 Å². The van der Waals surface area contributed by atoms with E-state index in [0.29, 0.717) is 13.0 Å². The SMILES string of the molecule is CCCCC1C[C@@H](C(=O)O)N(C(=O)OC(C)(C)C)C1. The molecule has 1 heterocycles. The third-order valence-electron chi connectivity index (χ3n) is 3.27. The normalized spacial score (nSPS) is 23.5. The predicted octanol–water partition coefficient (Wildman–Crippen LogP) is 2.89. The molecule has 1 aliphatic heterocycles. The second-order valence-corrected chi connectivity index (χ2v) is 6.23. The lowest BCUT2D eigenvalue weighted by atomic mass is 9.99. The lowest BCUT2D eigenvalue weighted by Gasteiger charge is -2.26. The summed E-state index contributed by atoms with van der Waals surface area (Å²) >= 11 is 0. The van der Waals surface area contributed by atoms with Crippen molar-refractivity contribution in [3.8, 4) is 0 Å². The van der Waals surface area contributed by atoms with Gasteiger partial charge in [0.05, 0.1) is 0 Å². The largest absolute Gasteiger partial charge is 0.480 e. The van der Waals surface area contributed by atoms with Crippen LogP contribution >= 0.6 is 0 Å². The Balaban J connectivity index is 2.68. The van der Waals surface area contributed by atoms with Crippen molar-refractivity contribution in [3.05, 3.63) is 0 Å². The Bertz CT molecular complexity index is 335. The highest BCUT2D eigenvalue weighted by Gasteiger charge is 2.41. The number of aliphatic carboxylic acids is 1. The second-order valence-electron chi connectivity index (χ2n) is 6.23. The number of amides is 1. The van der Waals surface area contributed by atoms with E-state index in [2.05, 4.69) is 6.92 Å². The van der Waals surface area contributed by atoms with Gasteiger partial charge in [-0.15, -0.1) is 0 Å². The summed E-state index contributed by atoms with van der Waals surface area (Å²) in [6.45, 7) is 7.95. The van der Waals surface area contributed by atoms with Gasteiger partial charge in [-0.2, -0.15) is 0 Å². The average molecular weight is 271 g/mol. The summed E-state index contributed by atoms with van der Waals surface area (Å²) in [6.07, 6.45) is 3.15. The minimum atomic E-state index is -0.940. The molecule has 0 aromatic heterocycles. The number of rotatable bonds is 4. The fraction of sp³-hybridized carbons (Fsp3) is 0.857. The van der Waals surface area contributed by atoms with E-state index in [1.54, 1.807) is 20.8 Å². The van der Waals surface area contributed by atoms with Crippen molar-refractivity contribution in [1.29, 1.82) is 0 Å². The van der Waals surface area contributed by atoms with Gasteiger partial charge in [0.15, 0.2) is 0 Å². The first-order chi connectivity index (χ1) is 8.74. The zero-order valence-electron chi connectivity index (χ0n) is 12.3. The molecule has 19 heavy (non-hydrogen) atoms. The summed E-state index contributed by atoms with van der Waals surface area (Å²) in [5, 5.41) is 9.22. The Morgan fingerprint density at radius 3 is 2.47 bits per heavy atom. The molecule has 0 radical (unpaired) electrons. The van der Waals surface area contributed by atoms with E-state index in [1.165, 1.54) is 4.90 Å². The molecule has 0 bridgehead atoms. The van der Waals surface area contributed by atoms with Crippen molar-refractivity contribution >= 4 is 12.1 Å². The fourth-order valence-electron chi connectivity index (χ4n) is 2.38. The molecule has 1 unspecified atom stereocenters. The summed E-state index contributed by atoms with van der Waals surface area (Å²) < 4.78 is 5.28. The minimum absolute atomic E-state index is 0.272. The van der Waals surface area contributed by atoms with Crippen molar-refractivity contribution in [1.82, 2.24) is 4.90 Å². The third kappa shape index (κ3) is 4.73. The number of nitrogens with zero attached hydrogens (tertiary/aromatic N) is 1. The molecular formula is C14H25NO4. The number of carboxylic acids is 1. The van der Waals surface area contributed by atoms with Crippen molar-refractivity contribution in [2.45, 2.75) is 65.0 Å². The molecular weight excluding hydrogens is 246 g/mol. The van der Waals surface area contributed by atoms with Crippen molar-refractivity contribution < 1.29 is 19.4 Å². The van der Waals surface area contributed by atoms with Crippen LogP contribution in [0.25, 0.3) is 0 Å². The van der Waals surface area contributed by atoms with Crippen LogP contribution in [0.4, 0.5) is 4.79 Å². The van der Waals surface area contributed by atoms with Crippen LogP contribution in [0.15, 0.2) is 0 Å². The van der Waals surface area contributed by atoms with Gasteiger partial charge in [0.25, 0.3) is 0 Å². The van der Waals surface area contributed by atoms with Gasteiger partial charge in [-0.05, 0) is 39.5 Å². The molecule has 0 spiro atoms. The highest BCUT2D eigenvalue weighted by Crippen LogP contribution is 2.29. The van der Waals surface area contributed by atoms with Gasteiger partial charge in [-0.1, -0.05) is 19.8 Å². The maximum Gasteiger partial charge on any atom is 0.411 e. The summed E-state index contributed by atoms with van der Waals surface area (Å²) in [6, 6.07) is -0.739. The van der Waals surface area contributed by atoms with E-state index in [0.717, 1.165) is 19.3 Å². The van der Waals surface area contributed by atoms with Gasteiger partial charge >= 0.3 is 12.1 Å². The molecule has 1 fully saturated rings. The number of carbonyl (C=O) groups excluding carboxylic acids is 1. The maximum atomic E-state index is 12.0. The number of likely N-dealkylation sites (tertiary alicyclic amines) is 1. The number of carbonyl (C=O) groups is 2. The van der Waals surface area contributed by atoms with E-state index in [1.807, 2.05) is 0 Å². The Morgan fingerprint density at radius 2 is 2.00 bits per heavy atom. The zero-order valence-corrected chi connectivity index (χ0v) is 12.3. The summed E-state index contributed by atoms with van der Waals surface area (Å²) in [7, 11) is 0. The van der Waals surface area contributed by atoms with E-state index in [9.17, 15) is 14.7 Å². The van der Waals surface area contributed by atoms with Crippen LogP contribution < -0.4 is 0 Å². The number of carboxylic acid groups (broad SMARTS) is 1. The van der Waals surface area contributed by atoms with Crippen LogP contribution in [0.2, 0.25) is 0 Å². The van der Waals surface area contributed by atoms with Gasteiger partial charge in [0.2, 0.25) is 0 Å². The van der Waals surface area contributed by atoms with Crippen LogP contribution in [0.1, 0.15) is 53.4 Å². The number of unbranched alkanes of at least 4 members (excludes halogenated alkanes) is 1. The van der Waals surface area contributed by atoms with Gasteiger partial charge in [-0.25, -0.2) is 9.59 Å². The van der Waals surface area contributed by atoms with Crippen LogP contribution in [-0.4, -0.2) is 40.3 Å². The molecule has 0 aromatic carbocycles. The fourth-order valence-corrected chi connectivity index (χ4v) is 2.38. The van der Waals surface area contributed by atoms with Crippen molar-refractivity contribution in [3.63, 3.8) is 0 Å². The first-order valence-electron chi connectivity index (χ1n) is 6.97. The monoisotopic (exact) mass is 271 g/mol. The minimum Gasteiger partial charge on any atom is -0.480 e. The maximum absolute atomic E-state index is 12.0. The molecule has 110 valence electrons. The Morgan fingerprint density at radius 1 is 1.37 bits per heavy atom. The topological polar surface area (TPSA) is 66.8 Å². The molecule has 5 nitrogen and oxygen atoms in total. The second kappa shape index (κ2) is 6.26. The Hall–Kier alpha value is -1.26. The summed E-state index contributed by atoms with van der Waals surface area (Å²) in [4.78, 5) is 24.7. The lowest BCUT2D eigenvalue weighted by Crippen LogP contribution is -2.43. The predicted molar refractivity (Wildman–Crippen MR) is 72.0 cm³/mol. The van der Waals surface area contributed by atoms with Gasteiger partial charge < -0.3 is 9.84 Å². The van der Waals surface area contributed by atoms with Crippen LogP contribution in [0, 0.1) is 5.92 Å². The van der Waals surface area contributed by atoms with E-state index >= 15 is 0 Å². The molecule has 1 aliphatic rings. The first-order valence-corrected chi connectivity index (χ1v) is 6.97. The highest BCUT2D eigenvalue weighted by atomic mass is 16.6. The molecule has 0 aliphatic carbocycles. The van der Waals surface area contributed by atoms with Gasteiger partial charge in [-0.3, -0.25) is 4.90 Å². The molecule has 1 saturated heterocycles. The van der Waals surface area contributed by atoms with Crippen molar-refractivity contribution in [2.24, 2.45) is 5.92 Å². The first kappa shape index (κ1) is 15.8. The smallest absolute Gasteiger partial charge is 0.411 e.